The summed E-state index contributed by atoms with van der Waals surface area (Å²) in [5.74, 6) is 0.170. The first-order valence-electron chi connectivity index (χ1n) is 5.18. The zero-order valence-corrected chi connectivity index (χ0v) is 9.98. The van der Waals surface area contributed by atoms with E-state index in [1.165, 1.54) is 6.07 Å². The number of anilines is 1. The molecule has 3 rings (SSSR count). The van der Waals surface area contributed by atoms with E-state index in [1.807, 2.05) is 30.3 Å². The summed E-state index contributed by atoms with van der Waals surface area (Å²) < 4.78 is 31.7. The highest BCUT2D eigenvalue weighted by Gasteiger charge is 2.31. The number of benzene rings is 2. The maximum atomic E-state index is 11.2. The van der Waals surface area contributed by atoms with Crippen LogP contribution in [0.4, 0.5) is 5.69 Å². The number of hydrogen-bond acceptors (Lipinski definition) is 5. The maximum Gasteiger partial charge on any atom is 0.501 e. The van der Waals surface area contributed by atoms with Crippen molar-refractivity contribution < 1.29 is 16.8 Å². The molecule has 0 amide bonds. The molecular weight excluding hydrogens is 254 g/mol. The van der Waals surface area contributed by atoms with Crippen LogP contribution in [-0.4, -0.2) is 8.42 Å². The molecule has 6 heteroatoms. The van der Waals surface area contributed by atoms with Gasteiger partial charge in [-0.1, -0.05) is 30.3 Å². The Morgan fingerprint density at radius 1 is 0.944 bits per heavy atom. The molecule has 0 spiro atoms. The zero-order chi connectivity index (χ0) is 12.8. The van der Waals surface area contributed by atoms with E-state index in [4.69, 9.17) is 9.92 Å². The molecule has 0 unspecified atom stereocenters. The number of hydrogen-bond donors (Lipinski definition) is 1. The van der Waals surface area contributed by atoms with E-state index in [2.05, 4.69) is 4.18 Å². The molecule has 0 radical (unpaired) electrons. The van der Waals surface area contributed by atoms with Crippen molar-refractivity contribution in [3.63, 3.8) is 0 Å². The Hall–Kier alpha value is -2.21. The Morgan fingerprint density at radius 3 is 2.39 bits per heavy atom. The van der Waals surface area contributed by atoms with Crippen molar-refractivity contribution >= 4 is 16.1 Å². The van der Waals surface area contributed by atoms with E-state index in [9.17, 15) is 8.42 Å². The van der Waals surface area contributed by atoms with Crippen molar-refractivity contribution in [1.29, 1.82) is 0 Å². The fourth-order valence-electron chi connectivity index (χ4n) is 1.83. The predicted octanol–water partition coefficient (Wildman–Crippen LogP) is 1.95. The summed E-state index contributed by atoms with van der Waals surface area (Å²) in [6, 6.07) is 12.6. The second-order valence-corrected chi connectivity index (χ2v) is 4.94. The molecule has 2 aromatic carbocycles. The van der Waals surface area contributed by atoms with Crippen LogP contribution >= 0.6 is 0 Å². The molecule has 0 aromatic heterocycles. The molecule has 0 saturated heterocycles. The van der Waals surface area contributed by atoms with Crippen LogP contribution in [0.5, 0.6) is 11.5 Å². The SMILES string of the molecule is Nc1c(-c2ccccc2)ccc2c1OS(=O)(=O)O2. The molecule has 0 atom stereocenters. The zero-order valence-electron chi connectivity index (χ0n) is 9.16. The Morgan fingerprint density at radius 2 is 1.67 bits per heavy atom. The summed E-state index contributed by atoms with van der Waals surface area (Å²) in [6.45, 7) is 0. The highest BCUT2D eigenvalue weighted by atomic mass is 32.3. The monoisotopic (exact) mass is 263 g/mol. The third-order valence-electron chi connectivity index (χ3n) is 2.62. The Labute approximate surface area is 104 Å². The van der Waals surface area contributed by atoms with Gasteiger partial charge in [0.15, 0.2) is 5.75 Å². The molecule has 2 aromatic rings. The number of nitrogen functional groups attached to an aromatic ring is 1. The average molecular weight is 263 g/mol. The molecule has 5 nitrogen and oxygen atoms in total. The molecule has 0 fully saturated rings. The van der Waals surface area contributed by atoms with Crippen LogP contribution in [0.25, 0.3) is 11.1 Å². The van der Waals surface area contributed by atoms with Crippen molar-refractivity contribution in [2.24, 2.45) is 0 Å². The molecule has 2 N–H and O–H groups in total. The minimum Gasteiger partial charge on any atom is -0.395 e. The predicted molar refractivity (Wildman–Crippen MR) is 66.5 cm³/mol. The molecule has 92 valence electrons. The molecule has 18 heavy (non-hydrogen) atoms. The van der Waals surface area contributed by atoms with Gasteiger partial charge in [-0.3, -0.25) is 0 Å². The maximum absolute atomic E-state index is 11.2. The molecular formula is C12H9NO4S. The Balaban J connectivity index is 2.17. The van der Waals surface area contributed by atoms with Gasteiger partial charge in [0, 0.05) is 5.56 Å². The van der Waals surface area contributed by atoms with Crippen LogP contribution < -0.4 is 14.1 Å². The summed E-state index contributed by atoms with van der Waals surface area (Å²) in [7, 11) is -4.01. The second-order valence-electron chi connectivity index (χ2n) is 3.79. The van der Waals surface area contributed by atoms with Gasteiger partial charge in [-0.05, 0) is 17.7 Å². The first-order valence-corrected chi connectivity index (χ1v) is 6.52. The van der Waals surface area contributed by atoms with Gasteiger partial charge in [0.25, 0.3) is 0 Å². The molecule has 1 heterocycles. The highest BCUT2D eigenvalue weighted by molar-refractivity contribution is 7.82. The van der Waals surface area contributed by atoms with Crippen LogP contribution in [0.1, 0.15) is 0 Å². The highest BCUT2D eigenvalue weighted by Crippen LogP contribution is 2.45. The lowest BCUT2D eigenvalue weighted by Crippen LogP contribution is -2.08. The summed E-state index contributed by atoms with van der Waals surface area (Å²) in [6.07, 6.45) is 0. The summed E-state index contributed by atoms with van der Waals surface area (Å²) >= 11 is 0. The quantitative estimate of drug-likeness (QED) is 0.795. The largest absolute Gasteiger partial charge is 0.501 e. The first kappa shape index (κ1) is 10.9. The average Bonchev–Trinajstić information content (AvgIpc) is 2.66. The smallest absolute Gasteiger partial charge is 0.395 e. The van der Waals surface area contributed by atoms with Gasteiger partial charge in [-0.2, -0.15) is 0 Å². The lowest BCUT2D eigenvalue weighted by atomic mass is 10.0. The van der Waals surface area contributed by atoms with Gasteiger partial charge in [0.2, 0.25) is 5.75 Å². The number of nitrogens with two attached hydrogens (primary N) is 1. The third kappa shape index (κ3) is 1.67. The first-order chi connectivity index (χ1) is 8.57. The van der Waals surface area contributed by atoms with E-state index >= 15 is 0 Å². The lowest BCUT2D eigenvalue weighted by molar-refractivity contribution is 0.437. The van der Waals surface area contributed by atoms with Crippen molar-refractivity contribution in [2.45, 2.75) is 0 Å². The number of rotatable bonds is 1. The van der Waals surface area contributed by atoms with E-state index in [-0.39, 0.29) is 17.2 Å². The van der Waals surface area contributed by atoms with Gasteiger partial charge in [-0.25, -0.2) is 0 Å². The molecule has 1 aliphatic rings. The van der Waals surface area contributed by atoms with Crippen molar-refractivity contribution in [2.75, 3.05) is 5.73 Å². The van der Waals surface area contributed by atoms with Gasteiger partial charge >= 0.3 is 10.4 Å². The minimum atomic E-state index is -4.01. The topological polar surface area (TPSA) is 78.6 Å². The van der Waals surface area contributed by atoms with Gasteiger partial charge < -0.3 is 14.1 Å². The van der Waals surface area contributed by atoms with E-state index < -0.39 is 10.4 Å². The standard InChI is InChI=1S/C12H9NO4S/c13-11-9(8-4-2-1-3-5-8)6-7-10-12(11)17-18(14,15)16-10/h1-7H,13H2. The summed E-state index contributed by atoms with van der Waals surface area (Å²) in [5.41, 5.74) is 7.75. The minimum absolute atomic E-state index is 0.0522. The van der Waals surface area contributed by atoms with Gasteiger partial charge in [-0.15, -0.1) is 8.42 Å². The Kier molecular flexibility index (Phi) is 2.21. The van der Waals surface area contributed by atoms with Gasteiger partial charge in [0.1, 0.15) is 0 Å². The summed E-state index contributed by atoms with van der Waals surface area (Å²) in [4.78, 5) is 0. The van der Waals surface area contributed by atoms with E-state index in [0.717, 1.165) is 5.56 Å². The Bertz CT molecular complexity index is 710. The summed E-state index contributed by atoms with van der Waals surface area (Å²) in [5, 5.41) is 0. The van der Waals surface area contributed by atoms with Gasteiger partial charge in [0.05, 0.1) is 5.69 Å². The van der Waals surface area contributed by atoms with Crippen molar-refractivity contribution in [1.82, 2.24) is 0 Å². The van der Waals surface area contributed by atoms with Crippen molar-refractivity contribution in [3.8, 4) is 22.6 Å². The molecule has 1 aliphatic heterocycles. The second kappa shape index (κ2) is 3.64. The van der Waals surface area contributed by atoms with Crippen molar-refractivity contribution in [3.05, 3.63) is 42.5 Å². The fourth-order valence-corrected chi connectivity index (χ4v) is 2.59. The van der Waals surface area contributed by atoms with Crippen LogP contribution in [0.2, 0.25) is 0 Å². The normalized spacial score (nSPS) is 15.6. The molecule has 0 bridgehead atoms. The van der Waals surface area contributed by atoms with Crippen LogP contribution in [-0.2, 0) is 10.4 Å². The van der Waals surface area contributed by atoms with E-state index in [1.54, 1.807) is 6.07 Å². The lowest BCUT2D eigenvalue weighted by Gasteiger charge is -2.07. The van der Waals surface area contributed by atoms with E-state index in [0.29, 0.717) is 5.56 Å². The van der Waals surface area contributed by atoms with Crippen LogP contribution in [0.15, 0.2) is 42.5 Å². The molecule has 0 saturated carbocycles. The van der Waals surface area contributed by atoms with Crippen LogP contribution in [0.3, 0.4) is 0 Å². The molecule has 0 aliphatic carbocycles. The number of fused-ring (bicyclic) bond motifs is 1. The fraction of sp³-hybridized carbons (Fsp3) is 0. The van der Waals surface area contributed by atoms with Crippen LogP contribution in [0, 0.1) is 0 Å². The third-order valence-corrected chi connectivity index (χ3v) is 3.38.